The second-order valence-corrected chi connectivity index (χ2v) is 5.93. The summed E-state index contributed by atoms with van der Waals surface area (Å²) in [5, 5.41) is 20.5. The maximum Gasteiger partial charge on any atom is 0.170 e. The summed E-state index contributed by atoms with van der Waals surface area (Å²) in [7, 11) is 0. The molecule has 2 aromatic rings. The Hall–Kier alpha value is -1.41. The minimum atomic E-state index is -0.346. The SMILES string of the molecule is CCSc1nonc1/C(Cc1ccc(F)c(Br)c1)=N/O. The number of aromatic nitrogens is 2. The van der Waals surface area contributed by atoms with Gasteiger partial charge in [-0.2, -0.15) is 0 Å². The summed E-state index contributed by atoms with van der Waals surface area (Å²) in [5.74, 6) is 0.448. The van der Waals surface area contributed by atoms with Crippen molar-refractivity contribution in [2.24, 2.45) is 5.16 Å². The first-order valence-electron chi connectivity index (χ1n) is 5.76. The molecule has 1 N–H and O–H groups in total. The second-order valence-electron chi connectivity index (χ2n) is 3.82. The molecule has 0 unspecified atom stereocenters. The topological polar surface area (TPSA) is 71.5 Å². The lowest BCUT2D eigenvalue weighted by atomic mass is 10.1. The predicted molar refractivity (Wildman–Crippen MR) is 76.8 cm³/mol. The number of oxime groups is 1. The highest BCUT2D eigenvalue weighted by molar-refractivity contribution is 9.10. The lowest BCUT2D eigenvalue weighted by Crippen LogP contribution is -2.07. The van der Waals surface area contributed by atoms with Gasteiger partial charge in [-0.25, -0.2) is 9.02 Å². The van der Waals surface area contributed by atoms with E-state index in [9.17, 15) is 4.39 Å². The fourth-order valence-corrected chi connectivity index (χ4v) is 2.68. The van der Waals surface area contributed by atoms with E-state index in [0.29, 0.717) is 27.3 Å². The van der Waals surface area contributed by atoms with Crippen molar-refractivity contribution >= 4 is 33.4 Å². The van der Waals surface area contributed by atoms with Gasteiger partial charge < -0.3 is 5.21 Å². The standard InChI is InChI=1S/C12H11BrFN3O2S/c1-2-20-12-11(16-19-17-12)10(15-18)6-7-3-4-9(14)8(13)5-7/h3-5,18H,2,6H2,1H3/b15-10+. The van der Waals surface area contributed by atoms with Crippen LogP contribution < -0.4 is 0 Å². The van der Waals surface area contributed by atoms with Crippen LogP contribution in [0, 0.1) is 5.82 Å². The number of rotatable bonds is 5. The van der Waals surface area contributed by atoms with Crippen LogP contribution in [0.5, 0.6) is 0 Å². The summed E-state index contributed by atoms with van der Waals surface area (Å²) < 4.78 is 18.2. The van der Waals surface area contributed by atoms with E-state index in [0.717, 1.165) is 11.3 Å². The van der Waals surface area contributed by atoms with Gasteiger partial charge in [0.15, 0.2) is 10.7 Å². The average Bonchev–Trinajstić information content (AvgIpc) is 2.88. The Morgan fingerprint density at radius 1 is 1.50 bits per heavy atom. The predicted octanol–water partition coefficient (Wildman–Crippen LogP) is 3.50. The fraction of sp³-hybridized carbons (Fsp3) is 0.250. The van der Waals surface area contributed by atoms with Crippen LogP contribution in [0.4, 0.5) is 4.39 Å². The molecular formula is C12H11BrFN3O2S. The van der Waals surface area contributed by atoms with Gasteiger partial charge in [0.2, 0.25) is 0 Å². The Bertz CT molecular complexity index is 633. The van der Waals surface area contributed by atoms with Gasteiger partial charge in [0, 0.05) is 6.42 Å². The van der Waals surface area contributed by atoms with E-state index in [1.54, 1.807) is 12.1 Å². The van der Waals surface area contributed by atoms with Gasteiger partial charge in [0.1, 0.15) is 11.5 Å². The number of benzene rings is 1. The summed E-state index contributed by atoms with van der Waals surface area (Å²) in [5.41, 5.74) is 1.50. The Labute approximate surface area is 127 Å². The third kappa shape index (κ3) is 3.37. The highest BCUT2D eigenvalue weighted by Gasteiger charge is 2.18. The molecule has 0 atom stereocenters. The van der Waals surface area contributed by atoms with Crippen LogP contribution in [0.25, 0.3) is 0 Å². The van der Waals surface area contributed by atoms with Crippen molar-refractivity contribution in [2.75, 3.05) is 5.75 Å². The number of hydrogen-bond acceptors (Lipinski definition) is 6. The molecule has 106 valence electrons. The number of thioether (sulfide) groups is 1. The molecule has 1 aromatic carbocycles. The summed E-state index contributed by atoms with van der Waals surface area (Å²) in [6, 6.07) is 4.59. The number of hydrogen-bond donors (Lipinski definition) is 1. The Morgan fingerprint density at radius 3 is 2.95 bits per heavy atom. The van der Waals surface area contributed by atoms with Crippen LogP contribution >= 0.6 is 27.7 Å². The minimum absolute atomic E-state index is 0.293. The molecule has 20 heavy (non-hydrogen) atoms. The third-order valence-corrected chi connectivity index (χ3v) is 3.93. The molecule has 1 aromatic heterocycles. The van der Waals surface area contributed by atoms with Gasteiger partial charge in [-0.1, -0.05) is 18.1 Å². The Kier molecular flexibility index (Phi) is 5.13. The van der Waals surface area contributed by atoms with Crippen LogP contribution in [-0.4, -0.2) is 27.0 Å². The van der Waals surface area contributed by atoms with E-state index in [4.69, 9.17) is 5.21 Å². The quantitative estimate of drug-likeness (QED) is 0.382. The molecule has 0 aliphatic rings. The highest BCUT2D eigenvalue weighted by Crippen LogP contribution is 2.22. The number of halogens is 2. The zero-order chi connectivity index (χ0) is 14.5. The van der Waals surface area contributed by atoms with E-state index in [2.05, 4.69) is 36.0 Å². The molecule has 0 radical (unpaired) electrons. The maximum absolute atomic E-state index is 13.2. The normalized spacial score (nSPS) is 11.8. The smallest absolute Gasteiger partial charge is 0.170 e. The maximum atomic E-state index is 13.2. The Morgan fingerprint density at radius 2 is 2.30 bits per heavy atom. The molecule has 0 aliphatic carbocycles. The third-order valence-electron chi connectivity index (χ3n) is 2.49. The molecular weight excluding hydrogens is 349 g/mol. The molecule has 0 bridgehead atoms. The van der Waals surface area contributed by atoms with Crippen LogP contribution in [0.15, 0.2) is 37.5 Å². The van der Waals surface area contributed by atoms with Gasteiger partial charge in [-0.15, -0.1) is 11.8 Å². The molecule has 0 saturated carbocycles. The number of nitrogens with zero attached hydrogens (tertiary/aromatic N) is 3. The van der Waals surface area contributed by atoms with Gasteiger partial charge in [-0.05, 0) is 49.7 Å². The van der Waals surface area contributed by atoms with Crippen LogP contribution in [0.2, 0.25) is 0 Å². The van der Waals surface area contributed by atoms with Gasteiger partial charge in [0.25, 0.3) is 0 Å². The summed E-state index contributed by atoms with van der Waals surface area (Å²) >= 11 is 4.56. The summed E-state index contributed by atoms with van der Waals surface area (Å²) in [6.07, 6.45) is 0.293. The molecule has 8 heteroatoms. The van der Waals surface area contributed by atoms with Crippen molar-refractivity contribution in [3.63, 3.8) is 0 Å². The monoisotopic (exact) mass is 359 g/mol. The van der Waals surface area contributed by atoms with Crippen molar-refractivity contribution in [1.29, 1.82) is 0 Å². The van der Waals surface area contributed by atoms with Crippen molar-refractivity contribution in [3.8, 4) is 0 Å². The molecule has 0 aliphatic heterocycles. The molecule has 0 amide bonds. The van der Waals surface area contributed by atoms with Crippen LogP contribution in [-0.2, 0) is 6.42 Å². The van der Waals surface area contributed by atoms with E-state index in [1.165, 1.54) is 17.8 Å². The minimum Gasteiger partial charge on any atom is -0.411 e. The highest BCUT2D eigenvalue weighted by atomic mass is 79.9. The second kappa shape index (κ2) is 6.85. The summed E-state index contributed by atoms with van der Waals surface area (Å²) in [4.78, 5) is 0. The van der Waals surface area contributed by atoms with Crippen molar-refractivity contribution in [3.05, 3.63) is 39.7 Å². The van der Waals surface area contributed by atoms with E-state index in [1.807, 2.05) is 6.92 Å². The zero-order valence-electron chi connectivity index (χ0n) is 10.5. The van der Waals surface area contributed by atoms with E-state index < -0.39 is 0 Å². The van der Waals surface area contributed by atoms with Crippen molar-refractivity contribution < 1.29 is 14.2 Å². The molecule has 0 spiro atoms. The van der Waals surface area contributed by atoms with Gasteiger partial charge in [-0.3, -0.25) is 0 Å². The first-order chi connectivity index (χ1) is 9.65. The summed E-state index contributed by atoms with van der Waals surface area (Å²) in [6.45, 7) is 1.97. The molecule has 1 heterocycles. The average molecular weight is 360 g/mol. The van der Waals surface area contributed by atoms with Crippen molar-refractivity contribution in [1.82, 2.24) is 10.3 Å². The van der Waals surface area contributed by atoms with Gasteiger partial charge >= 0.3 is 0 Å². The first kappa shape index (κ1) is 15.0. The molecule has 5 nitrogen and oxygen atoms in total. The fourth-order valence-electron chi connectivity index (χ4n) is 1.60. The largest absolute Gasteiger partial charge is 0.411 e. The van der Waals surface area contributed by atoms with E-state index in [-0.39, 0.29) is 5.82 Å². The van der Waals surface area contributed by atoms with Crippen LogP contribution in [0.3, 0.4) is 0 Å². The van der Waals surface area contributed by atoms with E-state index >= 15 is 0 Å². The van der Waals surface area contributed by atoms with Crippen molar-refractivity contribution in [2.45, 2.75) is 18.4 Å². The molecule has 0 fully saturated rings. The van der Waals surface area contributed by atoms with Crippen LogP contribution in [0.1, 0.15) is 18.2 Å². The zero-order valence-corrected chi connectivity index (χ0v) is 12.9. The van der Waals surface area contributed by atoms with Gasteiger partial charge in [0.05, 0.1) is 4.47 Å². The molecule has 2 rings (SSSR count). The lowest BCUT2D eigenvalue weighted by Gasteiger charge is -2.04. The lowest BCUT2D eigenvalue weighted by molar-refractivity contribution is 0.296. The Balaban J connectivity index is 2.25. The molecule has 0 saturated heterocycles. The first-order valence-corrected chi connectivity index (χ1v) is 7.54.